The van der Waals surface area contributed by atoms with Crippen molar-refractivity contribution >= 4 is 46.1 Å². The van der Waals surface area contributed by atoms with Crippen molar-refractivity contribution in [2.24, 2.45) is 5.10 Å². The minimum Gasteiger partial charge on any atom is -0.507 e. The van der Waals surface area contributed by atoms with Crippen molar-refractivity contribution in [3.63, 3.8) is 0 Å². The van der Waals surface area contributed by atoms with Crippen LogP contribution in [0.1, 0.15) is 101 Å². The van der Waals surface area contributed by atoms with E-state index in [2.05, 4.69) is 61.8 Å². The molecule has 3 aliphatic heterocycles. The van der Waals surface area contributed by atoms with E-state index >= 15 is 0 Å². The van der Waals surface area contributed by atoms with Crippen molar-refractivity contribution in [2.75, 3.05) is 42.5 Å². The summed E-state index contributed by atoms with van der Waals surface area (Å²) in [4.78, 5) is 47.4. The standard InChI is InChI=1S/C51H49N5O6/c1-6-11-27-55-48(58)38-17-14-16-37-44(26-23-39(47(37)38)49(55)59)61-35-22-19-32(43(57)30-35)31-52-56-50(60)36-15-12-13-18-40(36)51(56)41-24-20-33(53(7-2)8-3)28-45(41)62-46-29-34(21-25-42(46)51)54(9-4)10-5/h12-26,28-31,57H,6-11,27H2,1-5H3/b52-31+. The molecule has 1 N–H and O–H groups in total. The molecule has 3 amide bonds. The molecule has 0 unspecified atom stereocenters. The first-order valence-corrected chi connectivity index (χ1v) is 21.6. The summed E-state index contributed by atoms with van der Waals surface area (Å²) in [6, 6.07) is 33.6. The molecule has 0 atom stereocenters. The van der Waals surface area contributed by atoms with Gasteiger partial charge < -0.3 is 24.4 Å². The van der Waals surface area contributed by atoms with Gasteiger partial charge in [0.15, 0.2) is 0 Å². The molecule has 0 bridgehead atoms. The van der Waals surface area contributed by atoms with Gasteiger partial charge in [-0.1, -0.05) is 55.8 Å². The number of aromatic hydroxyl groups is 1. The summed E-state index contributed by atoms with van der Waals surface area (Å²) in [5, 5.41) is 19.1. The highest BCUT2D eigenvalue weighted by Crippen LogP contribution is 2.58. The van der Waals surface area contributed by atoms with Gasteiger partial charge in [0.25, 0.3) is 17.7 Å². The molecule has 314 valence electrons. The number of amides is 3. The van der Waals surface area contributed by atoms with E-state index in [1.807, 2.05) is 49.4 Å². The second-order valence-corrected chi connectivity index (χ2v) is 15.7. The normalized spacial score (nSPS) is 14.6. The number of nitrogens with zero attached hydrogens (tertiary/aromatic N) is 5. The lowest BCUT2D eigenvalue weighted by Gasteiger charge is -2.42. The summed E-state index contributed by atoms with van der Waals surface area (Å²) < 4.78 is 13.1. The second-order valence-electron chi connectivity index (χ2n) is 15.7. The van der Waals surface area contributed by atoms with Gasteiger partial charge in [0.05, 0.1) is 6.21 Å². The van der Waals surface area contributed by atoms with Crippen LogP contribution in [-0.2, 0) is 5.54 Å². The number of carbonyl (C=O) groups excluding carboxylic acids is 3. The van der Waals surface area contributed by atoms with Crippen molar-refractivity contribution in [3.05, 3.63) is 148 Å². The molecule has 3 aliphatic rings. The number of ether oxygens (including phenoxy) is 2. The Balaban J connectivity index is 1.11. The molecule has 0 fully saturated rings. The minimum absolute atomic E-state index is 0.121. The van der Waals surface area contributed by atoms with Crippen LogP contribution in [0.25, 0.3) is 10.8 Å². The van der Waals surface area contributed by atoms with Crippen molar-refractivity contribution in [3.8, 4) is 28.7 Å². The number of hydrazone groups is 1. The van der Waals surface area contributed by atoms with E-state index in [0.29, 0.717) is 62.6 Å². The van der Waals surface area contributed by atoms with Gasteiger partial charge in [-0.2, -0.15) is 5.10 Å². The molecule has 3 heterocycles. The van der Waals surface area contributed by atoms with Crippen LogP contribution in [0.15, 0.2) is 114 Å². The summed E-state index contributed by atoms with van der Waals surface area (Å²) in [5.41, 5.74) is 4.95. The maximum Gasteiger partial charge on any atom is 0.275 e. The Bertz CT molecular complexity index is 2720. The number of unbranched alkanes of at least 4 members (excludes halogenated alkanes) is 1. The van der Waals surface area contributed by atoms with Gasteiger partial charge in [-0.3, -0.25) is 19.3 Å². The highest BCUT2D eigenvalue weighted by Gasteiger charge is 2.57. The van der Waals surface area contributed by atoms with Crippen LogP contribution in [0.4, 0.5) is 11.4 Å². The lowest BCUT2D eigenvalue weighted by Crippen LogP contribution is -2.44. The minimum atomic E-state index is -1.19. The Morgan fingerprint density at radius 1 is 0.677 bits per heavy atom. The molecule has 0 aromatic heterocycles. The molecule has 0 saturated heterocycles. The predicted molar refractivity (Wildman–Crippen MR) is 243 cm³/mol. The van der Waals surface area contributed by atoms with E-state index < -0.39 is 5.54 Å². The van der Waals surface area contributed by atoms with E-state index in [1.54, 1.807) is 36.4 Å². The quantitative estimate of drug-likeness (QED) is 0.0904. The van der Waals surface area contributed by atoms with E-state index in [1.165, 1.54) is 22.2 Å². The van der Waals surface area contributed by atoms with Gasteiger partial charge >= 0.3 is 0 Å². The van der Waals surface area contributed by atoms with Gasteiger partial charge in [0, 0.05) is 112 Å². The molecule has 0 radical (unpaired) electrons. The fourth-order valence-corrected chi connectivity index (χ4v) is 9.32. The maximum atomic E-state index is 14.7. The lowest BCUT2D eigenvalue weighted by atomic mass is 9.75. The zero-order chi connectivity index (χ0) is 43.3. The van der Waals surface area contributed by atoms with E-state index in [0.717, 1.165) is 67.1 Å². The highest BCUT2D eigenvalue weighted by molar-refractivity contribution is 6.26. The van der Waals surface area contributed by atoms with Crippen molar-refractivity contribution < 1.29 is 29.0 Å². The molecule has 9 rings (SSSR count). The Hall–Kier alpha value is -7.14. The first-order valence-electron chi connectivity index (χ1n) is 21.6. The monoisotopic (exact) mass is 827 g/mol. The summed E-state index contributed by atoms with van der Waals surface area (Å²) in [5.74, 6) is 0.989. The molecule has 1 spiro atoms. The van der Waals surface area contributed by atoms with Crippen molar-refractivity contribution in [1.82, 2.24) is 9.91 Å². The molecular weight excluding hydrogens is 779 g/mol. The third kappa shape index (κ3) is 6.25. The number of fused-ring (bicyclic) bond motifs is 6. The maximum absolute atomic E-state index is 14.7. The van der Waals surface area contributed by atoms with Crippen molar-refractivity contribution in [2.45, 2.75) is 53.0 Å². The number of carbonyl (C=O) groups is 3. The van der Waals surface area contributed by atoms with Gasteiger partial charge in [-0.25, -0.2) is 5.01 Å². The zero-order valence-corrected chi connectivity index (χ0v) is 35.6. The molecule has 62 heavy (non-hydrogen) atoms. The second kappa shape index (κ2) is 16.0. The van der Waals surface area contributed by atoms with Crippen LogP contribution in [0, 0.1) is 0 Å². The van der Waals surface area contributed by atoms with Crippen molar-refractivity contribution in [1.29, 1.82) is 0 Å². The van der Waals surface area contributed by atoms with E-state index in [9.17, 15) is 19.5 Å². The third-order valence-electron chi connectivity index (χ3n) is 12.5. The number of phenolic OH excluding ortho intramolecular Hbond substituents is 1. The first kappa shape index (κ1) is 40.3. The summed E-state index contributed by atoms with van der Waals surface area (Å²) >= 11 is 0. The molecule has 0 aliphatic carbocycles. The smallest absolute Gasteiger partial charge is 0.275 e. The van der Waals surface area contributed by atoms with E-state index in [-0.39, 0.29) is 23.5 Å². The average molecular weight is 828 g/mol. The summed E-state index contributed by atoms with van der Waals surface area (Å²) in [7, 11) is 0. The van der Waals surface area contributed by atoms with Crippen LogP contribution < -0.4 is 19.3 Å². The van der Waals surface area contributed by atoms with Gasteiger partial charge in [0.1, 0.15) is 34.3 Å². The van der Waals surface area contributed by atoms with Crippen LogP contribution in [0.2, 0.25) is 0 Å². The Morgan fingerprint density at radius 3 is 1.94 bits per heavy atom. The third-order valence-corrected chi connectivity index (χ3v) is 12.5. The topological polar surface area (TPSA) is 115 Å². The zero-order valence-electron chi connectivity index (χ0n) is 35.6. The molecule has 6 aromatic carbocycles. The Labute approximate surface area is 361 Å². The first-order chi connectivity index (χ1) is 30.2. The van der Waals surface area contributed by atoms with Crippen LogP contribution >= 0.6 is 0 Å². The predicted octanol–water partition coefficient (Wildman–Crippen LogP) is 10.3. The number of hydrogen-bond donors (Lipinski definition) is 1. The number of anilines is 2. The summed E-state index contributed by atoms with van der Waals surface area (Å²) in [6.45, 7) is 14.1. The SMILES string of the molecule is CCCCN1C(=O)c2cccc3c(Oc4ccc(/C=N/N5C(=O)c6ccccc6C56c5ccc(N(CC)CC)cc5Oc5cc(N(CC)CC)ccc56)c(O)c4)ccc(c23)C1=O. The fraction of sp³-hybridized carbons (Fsp3) is 0.255. The molecule has 11 nitrogen and oxygen atoms in total. The van der Waals surface area contributed by atoms with Gasteiger partial charge in [-0.05, 0) is 82.6 Å². The van der Waals surface area contributed by atoms with Crippen LogP contribution in [0.5, 0.6) is 28.7 Å². The number of phenols is 1. The Morgan fingerprint density at radius 2 is 1.31 bits per heavy atom. The van der Waals surface area contributed by atoms with Crippen LogP contribution in [-0.4, -0.2) is 71.7 Å². The Kier molecular flexibility index (Phi) is 10.4. The molecule has 6 aromatic rings. The fourth-order valence-electron chi connectivity index (χ4n) is 9.32. The average Bonchev–Trinajstić information content (AvgIpc) is 3.53. The largest absolute Gasteiger partial charge is 0.507 e. The lowest BCUT2D eigenvalue weighted by molar-refractivity contribution is 0.0607. The number of benzene rings is 6. The summed E-state index contributed by atoms with van der Waals surface area (Å²) in [6.07, 6.45) is 3.08. The molecule has 11 heteroatoms. The van der Waals surface area contributed by atoms with Crippen LogP contribution in [0.3, 0.4) is 0 Å². The van der Waals surface area contributed by atoms with Gasteiger partial charge in [0.2, 0.25) is 0 Å². The van der Waals surface area contributed by atoms with E-state index in [4.69, 9.17) is 14.6 Å². The number of imide groups is 1. The number of rotatable bonds is 13. The molecular formula is C51H49N5O6. The number of hydrogen-bond acceptors (Lipinski definition) is 9. The molecule has 0 saturated carbocycles. The van der Waals surface area contributed by atoms with Gasteiger partial charge in [-0.15, -0.1) is 0 Å². The highest BCUT2D eigenvalue weighted by atomic mass is 16.5.